The fraction of sp³-hybridized carbons (Fsp3) is 0.529. The summed E-state index contributed by atoms with van der Waals surface area (Å²) in [6.45, 7) is 4.44. The average Bonchev–Trinajstić information content (AvgIpc) is 2.99. The van der Waals surface area contributed by atoms with Crippen LogP contribution < -0.4 is 0 Å². The molecule has 2 aromatic rings. The van der Waals surface area contributed by atoms with Gasteiger partial charge in [0.1, 0.15) is 12.4 Å². The number of hydrogen-bond donors (Lipinski definition) is 1. The van der Waals surface area contributed by atoms with Crippen molar-refractivity contribution in [3.05, 3.63) is 30.1 Å². The van der Waals surface area contributed by atoms with Gasteiger partial charge in [0.05, 0.1) is 11.0 Å². The Morgan fingerprint density at radius 1 is 1.45 bits per heavy atom. The Morgan fingerprint density at radius 2 is 2.32 bits per heavy atom. The highest BCUT2D eigenvalue weighted by molar-refractivity contribution is 5.78. The number of nitrogens with one attached hydrogen (secondary N) is 1. The number of nitrogens with zero attached hydrogens (tertiary/aromatic N) is 2. The lowest BCUT2D eigenvalue weighted by Gasteiger charge is -2.31. The molecule has 1 atom stereocenters. The summed E-state index contributed by atoms with van der Waals surface area (Å²) in [4.78, 5) is 22.2. The van der Waals surface area contributed by atoms with E-state index in [1.807, 2.05) is 36.1 Å². The highest BCUT2D eigenvalue weighted by Crippen LogP contribution is 2.26. The molecule has 1 saturated heterocycles. The van der Waals surface area contributed by atoms with Crippen LogP contribution in [-0.4, -0.2) is 47.1 Å². The predicted molar refractivity (Wildman–Crippen MR) is 85.8 cm³/mol. The first-order chi connectivity index (χ1) is 10.8. The van der Waals surface area contributed by atoms with Gasteiger partial charge in [0.2, 0.25) is 5.91 Å². The molecule has 1 aromatic carbocycles. The molecule has 22 heavy (non-hydrogen) atoms. The van der Waals surface area contributed by atoms with Gasteiger partial charge in [-0.3, -0.25) is 4.79 Å². The SMILES string of the molecule is CCCOCC(=O)N1CCCC(c2nc3ccccc3[nH]2)C1. The monoisotopic (exact) mass is 301 g/mol. The van der Waals surface area contributed by atoms with Crippen LogP contribution in [0.5, 0.6) is 0 Å². The van der Waals surface area contributed by atoms with E-state index in [1.165, 1.54) is 0 Å². The molecular weight excluding hydrogens is 278 g/mol. The molecule has 1 aliphatic rings. The molecule has 1 amide bonds. The highest BCUT2D eigenvalue weighted by atomic mass is 16.5. The molecule has 1 N–H and O–H groups in total. The number of carbonyl (C=O) groups excluding carboxylic acids is 1. The van der Waals surface area contributed by atoms with E-state index >= 15 is 0 Å². The molecule has 3 rings (SSSR count). The van der Waals surface area contributed by atoms with Crippen molar-refractivity contribution >= 4 is 16.9 Å². The van der Waals surface area contributed by atoms with E-state index in [2.05, 4.69) is 9.97 Å². The summed E-state index contributed by atoms with van der Waals surface area (Å²) in [6, 6.07) is 8.05. The zero-order chi connectivity index (χ0) is 15.4. The molecule has 2 heterocycles. The van der Waals surface area contributed by atoms with Crippen molar-refractivity contribution < 1.29 is 9.53 Å². The molecule has 1 aromatic heterocycles. The van der Waals surface area contributed by atoms with Gasteiger partial charge in [-0.1, -0.05) is 19.1 Å². The number of H-pyrrole nitrogens is 1. The van der Waals surface area contributed by atoms with Crippen molar-refractivity contribution in [2.24, 2.45) is 0 Å². The lowest BCUT2D eigenvalue weighted by atomic mass is 9.97. The van der Waals surface area contributed by atoms with Crippen LogP contribution in [0.15, 0.2) is 24.3 Å². The smallest absolute Gasteiger partial charge is 0.248 e. The summed E-state index contributed by atoms with van der Waals surface area (Å²) < 4.78 is 5.37. The van der Waals surface area contributed by atoms with E-state index in [0.29, 0.717) is 6.61 Å². The topological polar surface area (TPSA) is 58.2 Å². The number of rotatable bonds is 5. The van der Waals surface area contributed by atoms with Gasteiger partial charge < -0.3 is 14.6 Å². The lowest BCUT2D eigenvalue weighted by Crippen LogP contribution is -2.41. The van der Waals surface area contributed by atoms with Crippen molar-refractivity contribution in [2.45, 2.75) is 32.1 Å². The Kier molecular flexibility index (Phi) is 4.73. The van der Waals surface area contributed by atoms with Crippen LogP contribution in [0.2, 0.25) is 0 Å². The fourth-order valence-corrected chi connectivity index (χ4v) is 2.99. The van der Waals surface area contributed by atoms with Crippen molar-refractivity contribution in [3.8, 4) is 0 Å². The van der Waals surface area contributed by atoms with Gasteiger partial charge in [0.25, 0.3) is 0 Å². The molecule has 5 heteroatoms. The Labute approximate surface area is 130 Å². The van der Waals surface area contributed by atoms with E-state index in [1.54, 1.807) is 0 Å². The molecule has 0 saturated carbocycles. The van der Waals surface area contributed by atoms with Gasteiger partial charge >= 0.3 is 0 Å². The molecule has 1 fully saturated rings. The van der Waals surface area contributed by atoms with Crippen LogP contribution in [0.1, 0.15) is 37.9 Å². The van der Waals surface area contributed by atoms with Gasteiger partial charge in [0, 0.05) is 25.6 Å². The van der Waals surface area contributed by atoms with Crippen LogP contribution in [0.3, 0.4) is 0 Å². The Hall–Kier alpha value is -1.88. The second-order valence-electron chi connectivity index (χ2n) is 5.87. The number of piperidine rings is 1. The maximum atomic E-state index is 12.2. The van der Waals surface area contributed by atoms with Gasteiger partial charge in [-0.15, -0.1) is 0 Å². The zero-order valence-corrected chi connectivity index (χ0v) is 13.0. The average molecular weight is 301 g/mol. The largest absolute Gasteiger partial charge is 0.372 e. The third kappa shape index (κ3) is 3.30. The molecule has 5 nitrogen and oxygen atoms in total. The minimum atomic E-state index is 0.0919. The predicted octanol–water partition coefficient (Wildman–Crippen LogP) is 2.70. The van der Waals surface area contributed by atoms with Crippen LogP contribution in [-0.2, 0) is 9.53 Å². The van der Waals surface area contributed by atoms with E-state index in [9.17, 15) is 4.79 Å². The van der Waals surface area contributed by atoms with Crippen LogP contribution >= 0.6 is 0 Å². The van der Waals surface area contributed by atoms with Crippen LogP contribution in [0.4, 0.5) is 0 Å². The summed E-state index contributed by atoms with van der Waals surface area (Å²) in [5.74, 6) is 1.37. The number of fused-ring (bicyclic) bond motifs is 1. The number of aromatic amines is 1. The van der Waals surface area contributed by atoms with Gasteiger partial charge in [-0.25, -0.2) is 4.98 Å². The maximum Gasteiger partial charge on any atom is 0.248 e. The molecule has 0 aliphatic carbocycles. The second kappa shape index (κ2) is 6.92. The van der Waals surface area contributed by atoms with Crippen molar-refractivity contribution in [2.75, 3.05) is 26.3 Å². The van der Waals surface area contributed by atoms with Gasteiger partial charge in [-0.2, -0.15) is 0 Å². The quantitative estimate of drug-likeness (QED) is 0.864. The number of likely N-dealkylation sites (tertiary alicyclic amines) is 1. The second-order valence-corrected chi connectivity index (χ2v) is 5.87. The highest BCUT2D eigenvalue weighted by Gasteiger charge is 2.26. The van der Waals surface area contributed by atoms with Crippen molar-refractivity contribution in [1.29, 1.82) is 0 Å². The first-order valence-corrected chi connectivity index (χ1v) is 8.08. The van der Waals surface area contributed by atoms with E-state index in [4.69, 9.17) is 4.74 Å². The number of amides is 1. The Balaban J connectivity index is 1.66. The summed E-state index contributed by atoms with van der Waals surface area (Å²) in [5.41, 5.74) is 2.06. The van der Waals surface area contributed by atoms with E-state index in [-0.39, 0.29) is 18.4 Å². The summed E-state index contributed by atoms with van der Waals surface area (Å²) in [6.07, 6.45) is 3.02. The molecule has 118 valence electrons. The maximum absolute atomic E-state index is 12.2. The van der Waals surface area contributed by atoms with Crippen LogP contribution in [0.25, 0.3) is 11.0 Å². The molecule has 1 unspecified atom stereocenters. The van der Waals surface area contributed by atoms with E-state index in [0.717, 1.165) is 49.2 Å². The van der Waals surface area contributed by atoms with E-state index < -0.39 is 0 Å². The molecular formula is C17H23N3O2. The van der Waals surface area contributed by atoms with Crippen molar-refractivity contribution in [3.63, 3.8) is 0 Å². The molecule has 1 aliphatic heterocycles. The summed E-state index contributed by atoms with van der Waals surface area (Å²) in [7, 11) is 0. The number of imidazole rings is 1. The van der Waals surface area contributed by atoms with Gasteiger partial charge in [0.15, 0.2) is 0 Å². The Bertz CT molecular complexity index is 605. The normalized spacial score (nSPS) is 18.8. The summed E-state index contributed by atoms with van der Waals surface area (Å²) >= 11 is 0. The fourth-order valence-electron chi connectivity index (χ4n) is 2.99. The summed E-state index contributed by atoms with van der Waals surface area (Å²) in [5, 5.41) is 0. The number of carbonyl (C=O) groups is 1. The van der Waals surface area contributed by atoms with Gasteiger partial charge in [-0.05, 0) is 31.4 Å². The first kappa shape index (κ1) is 15.0. The molecule has 0 bridgehead atoms. The number of hydrogen-bond acceptors (Lipinski definition) is 3. The number of para-hydroxylation sites is 2. The van der Waals surface area contributed by atoms with Crippen molar-refractivity contribution in [1.82, 2.24) is 14.9 Å². The number of benzene rings is 1. The lowest BCUT2D eigenvalue weighted by molar-refractivity contribution is -0.137. The molecule has 0 spiro atoms. The van der Waals surface area contributed by atoms with Crippen LogP contribution in [0, 0.1) is 0 Å². The minimum Gasteiger partial charge on any atom is -0.372 e. The number of ether oxygens (including phenoxy) is 1. The minimum absolute atomic E-state index is 0.0919. The molecule has 0 radical (unpaired) electrons. The Morgan fingerprint density at radius 3 is 3.14 bits per heavy atom. The number of aromatic nitrogens is 2. The third-order valence-electron chi connectivity index (χ3n) is 4.14. The first-order valence-electron chi connectivity index (χ1n) is 8.08. The third-order valence-corrected chi connectivity index (χ3v) is 4.14. The zero-order valence-electron chi connectivity index (χ0n) is 13.0. The standard InChI is InChI=1S/C17H23N3O2/c1-2-10-22-12-16(21)20-9-5-6-13(11-20)17-18-14-7-3-4-8-15(14)19-17/h3-4,7-8,13H,2,5-6,9-12H2,1H3,(H,18,19).